The van der Waals surface area contributed by atoms with E-state index in [1.165, 1.54) is 23.6 Å². The van der Waals surface area contributed by atoms with Crippen LogP contribution < -0.4 is 5.32 Å². The fourth-order valence-corrected chi connectivity index (χ4v) is 2.48. The molecule has 0 radical (unpaired) electrons. The summed E-state index contributed by atoms with van der Waals surface area (Å²) in [5, 5.41) is 4.69. The summed E-state index contributed by atoms with van der Waals surface area (Å²) in [6.07, 6.45) is 2.44. The zero-order valence-corrected chi connectivity index (χ0v) is 13.1. The number of hydrogen-bond acceptors (Lipinski definition) is 3. The van der Waals surface area contributed by atoms with Crippen molar-refractivity contribution in [2.75, 3.05) is 13.7 Å². The van der Waals surface area contributed by atoms with Crippen LogP contribution in [0, 0.1) is 5.92 Å². The number of aromatic nitrogens is 1. The molecule has 21 heavy (non-hydrogen) atoms. The molecule has 0 atom stereocenters. The molecule has 4 heteroatoms. The number of ether oxygens (including phenoxy) is 1. The Bertz CT molecular complexity index is 602. The van der Waals surface area contributed by atoms with Gasteiger partial charge in [0.2, 0.25) is 0 Å². The molecule has 2 rings (SSSR count). The van der Waals surface area contributed by atoms with E-state index in [1.807, 2.05) is 6.20 Å². The number of rotatable bonds is 7. The highest BCUT2D eigenvalue weighted by molar-refractivity contribution is 5.83. The van der Waals surface area contributed by atoms with Gasteiger partial charge in [-0.1, -0.05) is 32.0 Å². The molecule has 0 fully saturated rings. The lowest BCUT2D eigenvalue weighted by molar-refractivity contribution is -0.140. The minimum absolute atomic E-state index is 0.174. The van der Waals surface area contributed by atoms with Gasteiger partial charge in [0, 0.05) is 19.3 Å². The number of carbonyl (C=O) groups excluding carboxylic acids is 1. The summed E-state index contributed by atoms with van der Waals surface area (Å²) in [5.41, 5.74) is 2.47. The number of nitrogens with one attached hydrogen (secondary N) is 1. The molecule has 1 heterocycles. The van der Waals surface area contributed by atoms with Crippen LogP contribution in [0.4, 0.5) is 0 Å². The number of nitrogens with zero attached hydrogens (tertiary/aromatic N) is 1. The summed E-state index contributed by atoms with van der Waals surface area (Å²) in [7, 11) is 1.43. The summed E-state index contributed by atoms with van der Waals surface area (Å²) in [5.74, 6) is 0.461. The molecule has 114 valence electrons. The maximum atomic E-state index is 11.3. The maximum Gasteiger partial charge on any atom is 0.307 e. The SMILES string of the molecule is COC(=O)CCn1ccc2cccc(CNCC(C)C)c21. The van der Waals surface area contributed by atoms with Crippen LogP contribution in [0.1, 0.15) is 25.8 Å². The van der Waals surface area contributed by atoms with Gasteiger partial charge < -0.3 is 14.6 Å². The van der Waals surface area contributed by atoms with Gasteiger partial charge in [-0.2, -0.15) is 0 Å². The Morgan fingerprint density at radius 2 is 2.14 bits per heavy atom. The quantitative estimate of drug-likeness (QED) is 0.797. The summed E-state index contributed by atoms with van der Waals surface area (Å²) in [6.45, 7) is 6.90. The Hall–Kier alpha value is -1.81. The van der Waals surface area contributed by atoms with E-state index in [4.69, 9.17) is 4.74 Å². The van der Waals surface area contributed by atoms with Crippen LogP contribution in [0.15, 0.2) is 30.5 Å². The molecule has 1 aromatic heterocycles. The highest BCUT2D eigenvalue weighted by Crippen LogP contribution is 2.21. The Labute approximate surface area is 126 Å². The number of carbonyl (C=O) groups is 1. The topological polar surface area (TPSA) is 43.3 Å². The van der Waals surface area contributed by atoms with Crippen molar-refractivity contribution in [3.05, 3.63) is 36.0 Å². The largest absolute Gasteiger partial charge is 0.469 e. The van der Waals surface area contributed by atoms with Crippen molar-refractivity contribution in [1.29, 1.82) is 0 Å². The van der Waals surface area contributed by atoms with Gasteiger partial charge in [-0.05, 0) is 29.5 Å². The third-order valence-corrected chi connectivity index (χ3v) is 3.52. The molecule has 2 aromatic rings. The molecule has 0 unspecified atom stereocenters. The van der Waals surface area contributed by atoms with Crippen LogP contribution in [-0.4, -0.2) is 24.2 Å². The number of hydrogen-bond donors (Lipinski definition) is 1. The molecule has 0 saturated heterocycles. The zero-order chi connectivity index (χ0) is 15.2. The van der Waals surface area contributed by atoms with E-state index in [0.717, 1.165) is 13.1 Å². The molecule has 0 aliphatic carbocycles. The number of fused-ring (bicyclic) bond motifs is 1. The lowest BCUT2D eigenvalue weighted by Crippen LogP contribution is -2.19. The van der Waals surface area contributed by atoms with Crippen molar-refractivity contribution in [3.63, 3.8) is 0 Å². The zero-order valence-electron chi connectivity index (χ0n) is 13.1. The molecule has 0 spiro atoms. The summed E-state index contributed by atoms with van der Waals surface area (Å²) < 4.78 is 6.85. The van der Waals surface area contributed by atoms with Gasteiger partial charge in [0.15, 0.2) is 0 Å². The van der Waals surface area contributed by atoms with E-state index in [2.05, 4.69) is 48.0 Å². The number of benzene rings is 1. The molecule has 0 saturated carbocycles. The number of methoxy groups -OCH3 is 1. The van der Waals surface area contributed by atoms with Crippen LogP contribution in [0.3, 0.4) is 0 Å². The summed E-state index contributed by atoms with van der Waals surface area (Å²) in [4.78, 5) is 11.3. The van der Waals surface area contributed by atoms with Crippen molar-refractivity contribution in [3.8, 4) is 0 Å². The average Bonchev–Trinajstić information content (AvgIpc) is 2.88. The van der Waals surface area contributed by atoms with E-state index in [0.29, 0.717) is 18.9 Å². The van der Waals surface area contributed by atoms with Gasteiger partial charge in [0.1, 0.15) is 0 Å². The molecular formula is C17H24N2O2. The first-order valence-corrected chi connectivity index (χ1v) is 7.46. The normalized spacial score (nSPS) is 11.2. The van der Waals surface area contributed by atoms with E-state index in [9.17, 15) is 4.79 Å². The van der Waals surface area contributed by atoms with Crippen LogP contribution in [-0.2, 0) is 22.6 Å². The third kappa shape index (κ3) is 4.08. The van der Waals surface area contributed by atoms with Crippen LogP contribution in [0.5, 0.6) is 0 Å². The standard InChI is InChI=1S/C17H24N2O2/c1-13(2)11-18-12-15-6-4-5-14-7-9-19(17(14)15)10-8-16(20)21-3/h4-7,9,13,18H,8,10-12H2,1-3H3. The van der Waals surface area contributed by atoms with Crippen molar-refractivity contribution in [2.45, 2.75) is 33.4 Å². The summed E-state index contributed by atoms with van der Waals surface area (Å²) in [6, 6.07) is 8.43. The minimum atomic E-state index is -0.174. The maximum absolute atomic E-state index is 11.3. The second-order valence-electron chi connectivity index (χ2n) is 5.71. The molecule has 0 bridgehead atoms. The summed E-state index contributed by atoms with van der Waals surface area (Å²) >= 11 is 0. The lowest BCUT2D eigenvalue weighted by atomic mass is 10.1. The molecule has 4 nitrogen and oxygen atoms in total. The average molecular weight is 288 g/mol. The highest BCUT2D eigenvalue weighted by Gasteiger charge is 2.08. The second kappa shape index (κ2) is 7.27. The van der Waals surface area contributed by atoms with E-state index in [1.54, 1.807) is 0 Å². The predicted octanol–water partition coefficient (Wildman–Crippen LogP) is 2.95. The molecule has 1 N–H and O–H groups in total. The van der Waals surface area contributed by atoms with Crippen molar-refractivity contribution < 1.29 is 9.53 Å². The van der Waals surface area contributed by atoms with Gasteiger partial charge in [0.05, 0.1) is 19.0 Å². The van der Waals surface area contributed by atoms with Crippen LogP contribution >= 0.6 is 0 Å². The Balaban J connectivity index is 2.16. The number of esters is 1. The first-order valence-electron chi connectivity index (χ1n) is 7.46. The van der Waals surface area contributed by atoms with Gasteiger partial charge >= 0.3 is 5.97 Å². The smallest absolute Gasteiger partial charge is 0.307 e. The predicted molar refractivity (Wildman–Crippen MR) is 85.1 cm³/mol. The Morgan fingerprint density at radius 1 is 1.33 bits per heavy atom. The second-order valence-corrected chi connectivity index (χ2v) is 5.71. The fourth-order valence-electron chi connectivity index (χ4n) is 2.48. The fraction of sp³-hybridized carbons (Fsp3) is 0.471. The number of para-hydroxylation sites is 1. The van der Waals surface area contributed by atoms with Crippen LogP contribution in [0.2, 0.25) is 0 Å². The Kier molecular flexibility index (Phi) is 5.39. The first-order chi connectivity index (χ1) is 10.1. The van der Waals surface area contributed by atoms with Gasteiger partial charge in [-0.25, -0.2) is 0 Å². The van der Waals surface area contributed by atoms with Crippen molar-refractivity contribution in [1.82, 2.24) is 9.88 Å². The van der Waals surface area contributed by atoms with E-state index < -0.39 is 0 Å². The first kappa shape index (κ1) is 15.6. The van der Waals surface area contributed by atoms with Gasteiger partial charge in [0.25, 0.3) is 0 Å². The van der Waals surface area contributed by atoms with Crippen LogP contribution in [0.25, 0.3) is 10.9 Å². The minimum Gasteiger partial charge on any atom is -0.469 e. The third-order valence-electron chi connectivity index (χ3n) is 3.52. The monoisotopic (exact) mass is 288 g/mol. The van der Waals surface area contributed by atoms with Crippen molar-refractivity contribution >= 4 is 16.9 Å². The molecular weight excluding hydrogens is 264 g/mol. The number of aryl methyl sites for hydroxylation is 1. The van der Waals surface area contributed by atoms with Gasteiger partial charge in [-0.3, -0.25) is 4.79 Å². The molecule has 0 aliphatic heterocycles. The van der Waals surface area contributed by atoms with Crippen molar-refractivity contribution in [2.24, 2.45) is 5.92 Å². The lowest BCUT2D eigenvalue weighted by Gasteiger charge is -2.11. The molecule has 0 amide bonds. The van der Waals surface area contributed by atoms with E-state index >= 15 is 0 Å². The van der Waals surface area contributed by atoms with Gasteiger partial charge in [-0.15, -0.1) is 0 Å². The highest BCUT2D eigenvalue weighted by atomic mass is 16.5. The molecule has 0 aliphatic rings. The molecule has 1 aromatic carbocycles. The van der Waals surface area contributed by atoms with E-state index in [-0.39, 0.29) is 5.97 Å². The Morgan fingerprint density at radius 3 is 2.86 bits per heavy atom.